The zero-order valence-electron chi connectivity index (χ0n) is 10.6. The predicted molar refractivity (Wildman–Crippen MR) is 80.6 cm³/mol. The smallest absolute Gasteiger partial charge is 0.125 e. The van der Waals surface area contributed by atoms with Gasteiger partial charge < -0.3 is 21.5 Å². The van der Waals surface area contributed by atoms with Crippen LogP contribution < -0.4 is 21.5 Å². The Balaban J connectivity index is 2.16. The van der Waals surface area contributed by atoms with Crippen molar-refractivity contribution in [1.29, 1.82) is 0 Å². The van der Waals surface area contributed by atoms with Gasteiger partial charge in [0.25, 0.3) is 0 Å². The summed E-state index contributed by atoms with van der Waals surface area (Å²) < 4.78 is 5.29. The van der Waals surface area contributed by atoms with Crippen LogP contribution in [0, 0.1) is 0 Å². The molecule has 19 heavy (non-hydrogen) atoms. The molecule has 0 bridgehead atoms. The first-order valence-corrected chi connectivity index (χ1v) is 6.20. The summed E-state index contributed by atoms with van der Waals surface area (Å²) in [6, 6.07) is 11.0. The highest BCUT2D eigenvalue weighted by Crippen LogP contribution is 2.27. The van der Waals surface area contributed by atoms with E-state index in [-0.39, 0.29) is 0 Å². The van der Waals surface area contributed by atoms with Crippen LogP contribution in [-0.2, 0) is 6.54 Å². The molecule has 5 heteroatoms. The maximum absolute atomic E-state index is 6.17. The van der Waals surface area contributed by atoms with E-state index in [1.807, 2.05) is 24.3 Å². The molecule has 0 amide bonds. The number of nitrogen functional groups attached to an aromatic ring is 2. The molecule has 100 valence electrons. The molecule has 0 aromatic heterocycles. The van der Waals surface area contributed by atoms with E-state index in [0.717, 1.165) is 17.0 Å². The monoisotopic (exact) mass is 277 g/mol. The van der Waals surface area contributed by atoms with Crippen LogP contribution in [0.5, 0.6) is 5.75 Å². The molecule has 0 heterocycles. The van der Waals surface area contributed by atoms with Crippen molar-refractivity contribution in [2.24, 2.45) is 0 Å². The quantitative estimate of drug-likeness (QED) is 0.751. The molecule has 0 aliphatic carbocycles. The first kappa shape index (κ1) is 13.4. The largest absolute Gasteiger partial charge is 0.496 e. The van der Waals surface area contributed by atoms with Crippen LogP contribution in [0.1, 0.15) is 5.56 Å². The average molecular weight is 278 g/mol. The second-order valence-electron chi connectivity index (χ2n) is 4.12. The van der Waals surface area contributed by atoms with Gasteiger partial charge in [-0.1, -0.05) is 17.7 Å². The van der Waals surface area contributed by atoms with Crippen LogP contribution in [0.25, 0.3) is 0 Å². The molecule has 5 N–H and O–H groups in total. The Morgan fingerprint density at radius 1 is 1.16 bits per heavy atom. The Kier molecular flexibility index (Phi) is 4.02. The van der Waals surface area contributed by atoms with E-state index in [1.54, 1.807) is 19.2 Å². The number of benzene rings is 2. The fourth-order valence-corrected chi connectivity index (χ4v) is 2.01. The van der Waals surface area contributed by atoms with Gasteiger partial charge >= 0.3 is 0 Å². The molecule has 0 aliphatic heterocycles. The molecule has 0 saturated carbocycles. The van der Waals surface area contributed by atoms with E-state index in [9.17, 15) is 0 Å². The van der Waals surface area contributed by atoms with Crippen molar-refractivity contribution in [3.05, 3.63) is 47.0 Å². The van der Waals surface area contributed by atoms with Crippen LogP contribution in [-0.4, -0.2) is 7.11 Å². The molecule has 0 aliphatic rings. The molecule has 0 radical (unpaired) electrons. The minimum Gasteiger partial charge on any atom is -0.496 e. The van der Waals surface area contributed by atoms with Crippen molar-refractivity contribution in [1.82, 2.24) is 0 Å². The number of anilines is 3. The number of halogens is 1. The standard InChI is InChI=1S/C14H16ClN3O/c1-19-14-4-2-3-11(15)10(14)8-18-9-5-6-12(16)13(17)7-9/h2-7,18H,8,16-17H2,1H3. The third-order valence-corrected chi connectivity index (χ3v) is 3.21. The van der Waals surface area contributed by atoms with Crippen LogP contribution in [0.15, 0.2) is 36.4 Å². The van der Waals surface area contributed by atoms with Gasteiger partial charge in [-0.25, -0.2) is 0 Å². The van der Waals surface area contributed by atoms with Crippen molar-refractivity contribution >= 4 is 28.7 Å². The molecular formula is C14H16ClN3O. The molecule has 0 spiro atoms. The summed E-state index contributed by atoms with van der Waals surface area (Å²) >= 11 is 6.17. The molecule has 2 aromatic carbocycles. The lowest BCUT2D eigenvalue weighted by atomic mass is 10.2. The third kappa shape index (κ3) is 3.03. The number of nitrogens with one attached hydrogen (secondary N) is 1. The van der Waals surface area contributed by atoms with Gasteiger partial charge in [0, 0.05) is 22.8 Å². The summed E-state index contributed by atoms with van der Waals surface area (Å²) in [6.07, 6.45) is 0. The number of hydrogen-bond acceptors (Lipinski definition) is 4. The average Bonchev–Trinajstić information content (AvgIpc) is 2.41. The zero-order valence-corrected chi connectivity index (χ0v) is 11.4. The Hall–Kier alpha value is -2.07. The van der Waals surface area contributed by atoms with Crippen LogP contribution in [0.2, 0.25) is 5.02 Å². The van der Waals surface area contributed by atoms with Gasteiger partial charge in [0.05, 0.1) is 18.5 Å². The highest BCUT2D eigenvalue weighted by Gasteiger charge is 2.07. The molecule has 0 atom stereocenters. The van der Waals surface area contributed by atoms with Gasteiger partial charge in [-0.2, -0.15) is 0 Å². The van der Waals surface area contributed by atoms with Gasteiger partial charge in [0.15, 0.2) is 0 Å². The van der Waals surface area contributed by atoms with Gasteiger partial charge in [-0.05, 0) is 30.3 Å². The van der Waals surface area contributed by atoms with Crippen molar-refractivity contribution in [3.8, 4) is 5.75 Å². The number of nitrogens with two attached hydrogens (primary N) is 2. The van der Waals surface area contributed by atoms with Gasteiger partial charge in [0.1, 0.15) is 5.75 Å². The summed E-state index contributed by atoms with van der Waals surface area (Å²) in [5.74, 6) is 0.753. The van der Waals surface area contributed by atoms with Crippen LogP contribution in [0.3, 0.4) is 0 Å². The molecule has 0 fully saturated rings. The van der Waals surface area contributed by atoms with E-state index < -0.39 is 0 Å². The SMILES string of the molecule is COc1cccc(Cl)c1CNc1ccc(N)c(N)c1. The zero-order chi connectivity index (χ0) is 13.8. The Labute approximate surface area is 117 Å². The Morgan fingerprint density at radius 3 is 2.63 bits per heavy atom. The van der Waals surface area contributed by atoms with Crippen LogP contribution in [0.4, 0.5) is 17.1 Å². The number of ether oxygens (including phenoxy) is 1. The second-order valence-corrected chi connectivity index (χ2v) is 4.53. The summed E-state index contributed by atoms with van der Waals surface area (Å²) in [4.78, 5) is 0. The van der Waals surface area contributed by atoms with Crippen molar-refractivity contribution < 1.29 is 4.74 Å². The summed E-state index contributed by atoms with van der Waals surface area (Å²) in [6.45, 7) is 0.548. The maximum atomic E-state index is 6.17. The first-order chi connectivity index (χ1) is 9.11. The van der Waals surface area contributed by atoms with Gasteiger partial charge in [-0.15, -0.1) is 0 Å². The minimum atomic E-state index is 0.548. The molecule has 0 saturated heterocycles. The van der Waals surface area contributed by atoms with Crippen molar-refractivity contribution in [2.45, 2.75) is 6.54 Å². The number of rotatable bonds is 4. The lowest BCUT2D eigenvalue weighted by Gasteiger charge is -2.13. The normalized spacial score (nSPS) is 10.2. The lowest BCUT2D eigenvalue weighted by Crippen LogP contribution is -2.03. The topological polar surface area (TPSA) is 73.3 Å². The fraction of sp³-hybridized carbons (Fsp3) is 0.143. The highest BCUT2D eigenvalue weighted by atomic mass is 35.5. The maximum Gasteiger partial charge on any atom is 0.125 e. The van der Waals surface area contributed by atoms with E-state index in [0.29, 0.717) is 22.9 Å². The Bertz CT molecular complexity index is 587. The number of hydrogen-bond donors (Lipinski definition) is 3. The Morgan fingerprint density at radius 2 is 1.95 bits per heavy atom. The summed E-state index contributed by atoms with van der Waals surface area (Å²) in [7, 11) is 1.62. The van der Waals surface area contributed by atoms with E-state index in [1.165, 1.54) is 0 Å². The highest BCUT2D eigenvalue weighted by molar-refractivity contribution is 6.31. The fourth-order valence-electron chi connectivity index (χ4n) is 1.78. The summed E-state index contributed by atoms with van der Waals surface area (Å²) in [5.41, 5.74) is 14.3. The third-order valence-electron chi connectivity index (χ3n) is 2.85. The summed E-state index contributed by atoms with van der Waals surface area (Å²) in [5, 5.41) is 3.91. The van der Waals surface area contributed by atoms with Crippen molar-refractivity contribution in [3.63, 3.8) is 0 Å². The number of methoxy groups -OCH3 is 1. The van der Waals surface area contributed by atoms with E-state index in [2.05, 4.69) is 5.32 Å². The predicted octanol–water partition coefficient (Wildman–Crippen LogP) is 3.13. The molecule has 2 aromatic rings. The molecule has 4 nitrogen and oxygen atoms in total. The van der Waals surface area contributed by atoms with E-state index >= 15 is 0 Å². The molecule has 2 rings (SSSR count). The molecular weight excluding hydrogens is 262 g/mol. The lowest BCUT2D eigenvalue weighted by molar-refractivity contribution is 0.410. The molecule has 0 unspecified atom stereocenters. The van der Waals surface area contributed by atoms with Gasteiger partial charge in [0.2, 0.25) is 0 Å². The van der Waals surface area contributed by atoms with Gasteiger partial charge in [-0.3, -0.25) is 0 Å². The first-order valence-electron chi connectivity index (χ1n) is 5.82. The van der Waals surface area contributed by atoms with E-state index in [4.69, 9.17) is 27.8 Å². The second kappa shape index (κ2) is 5.71. The van der Waals surface area contributed by atoms with Crippen molar-refractivity contribution in [2.75, 3.05) is 23.9 Å². The van der Waals surface area contributed by atoms with Crippen LogP contribution >= 0.6 is 11.6 Å². The minimum absolute atomic E-state index is 0.548.